The molecule has 0 atom stereocenters. The van der Waals surface area contributed by atoms with Gasteiger partial charge in [-0.2, -0.15) is 5.26 Å². The second-order valence-electron chi connectivity index (χ2n) is 5.43. The molecule has 5 nitrogen and oxygen atoms in total. The fourth-order valence-corrected chi connectivity index (χ4v) is 2.58. The van der Waals surface area contributed by atoms with Crippen LogP contribution in [0.3, 0.4) is 0 Å². The number of hydrogen-bond donors (Lipinski definition) is 0. The van der Waals surface area contributed by atoms with Crippen LogP contribution in [0.25, 0.3) is 16.8 Å². The first-order chi connectivity index (χ1) is 12.2. The third kappa shape index (κ3) is 3.72. The summed E-state index contributed by atoms with van der Waals surface area (Å²) in [6.45, 7) is 0.392. The van der Waals surface area contributed by atoms with Crippen LogP contribution in [0.5, 0.6) is 5.75 Å². The van der Waals surface area contributed by atoms with Crippen LogP contribution in [0.15, 0.2) is 60.9 Å². The average molecular weight is 334 g/mol. The summed E-state index contributed by atoms with van der Waals surface area (Å²) < 4.78 is 7.13. The average Bonchev–Trinajstić information content (AvgIpc) is 3.11. The number of hydrogen-bond acceptors (Lipinski definition) is 4. The number of ether oxygens (including phenoxy) is 1. The summed E-state index contributed by atoms with van der Waals surface area (Å²) >= 11 is 0. The molecule has 0 saturated carbocycles. The molecule has 1 aromatic heterocycles. The minimum Gasteiger partial charge on any atom is -0.497 e. The molecular weight excluding hydrogens is 316 g/mol. The Hall–Kier alpha value is -3.07. The second kappa shape index (κ2) is 7.67. The lowest BCUT2D eigenvalue weighted by molar-refractivity contribution is -0.282. The first kappa shape index (κ1) is 16.8. The fraction of sp³-hybridized carbons (Fsp3) is 0.150. The molecule has 0 aliphatic carbocycles. The molecule has 5 heteroatoms. The number of aromatic nitrogens is 1. The largest absolute Gasteiger partial charge is 0.497 e. The zero-order valence-electron chi connectivity index (χ0n) is 14.1. The third-order valence-electron chi connectivity index (χ3n) is 3.93. The normalized spacial score (nSPS) is 10.4. The Labute approximate surface area is 146 Å². The van der Waals surface area contributed by atoms with E-state index in [1.807, 2.05) is 65.5 Å². The van der Waals surface area contributed by atoms with Crippen LogP contribution in [0.1, 0.15) is 11.1 Å². The molecule has 0 aliphatic heterocycles. The van der Waals surface area contributed by atoms with Gasteiger partial charge in [-0.1, -0.05) is 24.3 Å². The van der Waals surface area contributed by atoms with Crippen molar-refractivity contribution in [2.24, 2.45) is 0 Å². The van der Waals surface area contributed by atoms with Gasteiger partial charge in [-0.25, -0.2) is 9.78 Å². The SMILES string of the molecule is COOCc1ccc(-n2cc(C#N)c(-c3ccc(OC)cc3)c2)cc1. The zero-order valence-corrected chi connectivity index (χ0v) is 14.1. The van der Waals surface area contributed by atoms with Gasteiger partial charge in [-0.3, -0.25) is 0 Å². The molecule has 25 heavy (non-hydrogen) atoms. The van der Waals surface area contributed by atoms with Crippen LogP contribution >= 0.6 is 0 Å². The lowest BCUT2D eigenvalue weighted by Crippen LogP contribution is -1.93. The quantitative estimate of drug-likeness (QED) is 0.503. The Bertz CT molecular complexity index is 875. The summed E-state index contributed by atoms with van der Waals surface area (Å²) in [7, 11) is 3.12. The molecule has 1 heterocycles. The standard InChI is InChI=1S/C20H18N2O3/c1-23-19-9-5-16(6-10-19)20-13-22(12-17(20)11-21)18-7-3-15(4-8-18)14-25-24-2/h3-10,12-13H,14H2,1-2H3. The highest BCUT2D eigenvalue weighted by molar-refractivity contribution is 5.71. The molecule has 0 saturated heterocycles. The lowest BCUT2D eigenvalue weighted by atomic mass is 10.1. The van der Waals surface area contributed by atoms with E-state index >= 15 is 0 Å². The van der Waals surface area contributed by atoms with E-state index in [4.69, 9.17) is 9.62 Å². The number of nitriles is 1. The maximum Gasteiger partial charge on any atom is 0.118 e. The summed E-state index contributed by atoms with van der Waals surface area (Å²) in [5.74, 6) is 0.788. The maximum absolute atomic E-state index is 9.46. The summed E-state index contributed by atoms with van der Waals surface area (Å²) in [6, 6.07) is 17.8. The van der Waals surface area contributed by atoms with E-state index in [0.29, 0.717) is 12.2 Å². The van der Waals surface area contributed by atoms with Crippen LogP contribution in [-0.4, -0.2) is 18.8 Å². The van der Waals surface area contributed by atoms with Crippen LogP contribution < -0.4 is 4.74 Å². The minimum absolute atomic E-state index is 0.392. The van der Waals surface area contributed by atoms with Crippen molar-refractivity contribution in [3.63, 3.8) is 0 Å². The van der Waals surface area contributed by atoms with Crippen LogP contribution in [0.4, 0.5) is 0 Å². The molecule has 0 bridgehead atoms. The molecule has 0 radical (unpaired) electrons. The summed E-state index contributed by atoms with van der Waals surface area (Å²) in [6.07, 6.45) is 3.79. The Kier molecular flexibility index (Phi) is 5.14. The van der Waals surface area contributed by atoms with Crippen molar-refractivity contribution in [1.29, 1.82) is 5.26 Å². The minimum atomic E-state index is 0.392. The topological polar surface area (TPSA) is 56.4 Å². The highest BCUT2D eigenvalue weighted by Crippen LogP contribution is 2.28. The highest BCUT2D eigenvalue weighted by atomic mass is 17.2. The Morgan fingerprint density at radius 3 is 2.28 bits per heavy atom. The molecular formula is C20H18N2O3. The van der Waals surface area contributed by atoms with Crippen molar-refractivity contribution in [3.05, 3.63) is 72.1 Å². The van der Waals surface area contributed by atoms with Crippen molar-refractivity contribution in [3.8, 4) is 28.6 Å². The number of methoxy groups -OCH3 is 1. The molecule has 0 fully saturated rings. The predicted octanol–water partition coefficient (Wildman–Crippen LogP) is 4.10. The number of benzene rings is 2. The van der Waals surface area contributed by atoms with Gasteiger partial charge in [0.25, 0.3) is 0 Å². The fourth-order valence-electron chi connectivity index (χ4n) is 2.58. The van der Waals surface area contributed by atoms with Crippen molar-refractivity contribution in [2.75, 3.05) is 14.2 Å². The zero-order chi connectivity index (χ0) is 17.6. The van der Waals surface area contributed by atoms with E-state index in [-0.39, 0.29) is 0 Å². The monoisotopic (exact) mass is 334 g/mol. The third-order valence-corrected chi connectivity index (χ3v) is 3.93. The molecule has 3 aromatic rings. The molecule has 2 aromatic carbocycles. The smallest absolute Gasteiger partial charge is 0.118 e. The molecule has 0 spiro atoms. The van der Waals surface area contributed by atoms with E-state index < -0.39 is 0 Å². The van der Waals surface area contributed by atoms with E-state index in [1.165, 1.54) is 7.11 Å². The molecule has 0 unspecified atom stereocenters. The van der Waals surface area contributed by atoms with Gasteiger partial charge in [0, 0.05) is 23.6 Å². The first-order valence-corrected chi connectivity index (χ1v) is 7.76. The van der Waals surface area contributed by atoms with Crippen LogP contribution in [-0.2, 0) is 16.4 Å². The van der Waals surface area contributed by atoms with Crippen molar-refractivity contribution >= 4 is 0 Å². The van der Waals surface area contributed by atoms with Gasteiger partial charge >= 0.3 is 0 Å². The maximum atomic E-state index is 9.46. The molecule has 0 amide bonds. The van der Waals surface area contributed by atoms with Gasteiger partial charge in [-0.05, 0) is 35.4 Å². The summed E-state index contributed by atoms with van der Waals surface area (Å²) in [5.41, 5.74) is 4.46. The summed E-state index contributed by atoms with van der Waals surface area (Å²) in [4.78, 5) is 9.53. The predicted molar refractivity (Wildman–Crippen MR) is 94.3 cm³/mol. The van der Waals surface area contributed by atoms with Crippen molar-refractivity contribution in [1.82, 2.24) is 4.57 Å². The van der Waals surface area contributed by atoms with Gasteiger partial charge in [0.2, 0.25) is 0 Å². The van der Waals surface area contributed by atoms with Gasteiger partial charge < -0.3 is 9.30 Å². The van der Waals surface area contributed by atoms with E-state index in [1.54, 1.807) is 7.11 Å². The molecule has 0 N–H and O–H groups in total. The second-order valence-corrected chi connectivity index (χ2v) is 5.43. The highest BCUT2D eigenvalue weighted by Gasteiger charge is 2.10. The van der Waals surface area contributed by atoms with Gasteiger partial charge in [0.05, 0.1) is 19.8 Å². The van der Waals surface area contributed by atoms with Crippen LogP contribution in [0.2, 0.25) is 0 Å². The van der Waals surface area contributed by atoms with Crippen LogP contribution in [0, 0.1) is 11.3 Å². The lowest BCUT2D eigenvalue weighted by Gasteiger charge is -2.05. The first-order valence-electron chi connectivity index (χ1n) is 7.76. The van der Waals surface area contributed by atoms with E-state index in [0.717, 1.165) is 28.1 Å². The molecule has 0 aliphatic rings. The molecule has 3 rings (SSSR count). The van der Waals surface area contributed by atoms with Gasteiger partial charge in [-0.15, -0.1) is 0 Å². The van der Waals surface area contributed by atoms with Gasteiger partial charge in [0.15, 0.2) is 0 Å². The van der Waals surface area contributed by atoms with Crippen molar-refractivity contribution in [2.45, 2.75) is 6.61 Å². The number of rotatable bonds is 6. The van der Waals surface area contributed by atoms with Crippen molar-refractivity contribution < 1.29 is 14.5 Å². The Morgan fingerprint density at radius 1 is 0.960 bits per heavy atom. The van der Waals surface area contributed by atoms with Gasteiger partial charge in [0.1, 0.15) is 18.4 Å². The Balaban J connectivity index is 1.90. The summed E-state index contributed by atoms with van der Waals surface area (Å²) in [5, 5.41) is 9.46. The van der Waals surface area contributed by atoms with E-state index in [2.05, 4.69) is 11.0 Å². The Morgan fingerprint density at radius 2 is 1.68 bits per heavy atom. The number of nitrogens with zero attached hydrogens (tertiary/aromatic N) is 2. The van der Waals surface area contributed by atoms with E-state index in [9.17, 15) is 5.26 Å². The molecule has 126 valence electrons.